The predicted molar refractivity (Wildman–Crippen MR) is 68.1 cm³/mol. The van der Waals surface area contributed by atoms with Crippen LogP contribution in [0.1, 0.15) is 32.6 Å². The topological polar surface area (TPSA) is 86.6 Å². The van der Waals surface area contributed by atoms with Gasteiger partial charge in [0.25, 0.3) is 0 Å². The van der Waals surface area contributed by atoms with Crippen molar-refractivity contribution in [3.8, 4) is 0 Å². The molecular weight excluding hydrogens is 242 g/mol. The standard InChI is InChI=1S/C11H21NO4S/c1-9(14)12-10(11(15)16)8-17-7-5-3-2-4-6-13/h10,13H,2-8H2,1H3,(H,12,14)(H,15,16)/t10-/m0/s1. The van der Waals surface area contributed by atoms with E-state index < -0.39 is 12.0 Å². The number of hydrogen-bond acceptors (Lipinski definition) is 4. The first-order valence-electron chi connectivity index (χ1n) is 5.76. The van der Waals surface area contributed by atoms with Crippen molar-refractivity contribution < 1.29 is 19.8 Å². The van der Waals surface area contributed by atoms with E-state index in [9.17, 15) is 9.59 Å². The van der Waals surface area contributed by atoms with Crippen molar-refractivity contribution in [3.63, 3.8) is 0 Å². The van der Waals surface area contributed by atoms with E-state index in [1.54, 1.807) is 0 Å². The molecule has 0 aromatic carbocycles. The van der Waals surface area contributed by atoms with E-state index in [0.717, 1.165) is 31.4 Å². The molecule has 0 unspecified atom stereocenters. The average Bonchev–Trinajstić information content (AvgIpc) is 2.25. The van der Waals surface area contributed by atoms with Crippen molar-refractivity contribution in [2.45, 2.75) is 38.6 Å². The molecule has 0 spiro atoms. The van der Waals surface area contributed by atoms with Crippen molar-refractivity contribution in [1.29, 1.82) is 0 Å². The number of aliphatic hydroxyl groups is 1. The smallest absolute Gasteiger partial charge is 0.327 e. The van der Waals surface area contributed by atoms with Gasteiger partial charge in [-0.2, -0.15) is 11.8 Å². The average molecular weight is 263 g/mol. The summed E-state index contributed by atoms with van der Waals surface area (Å²) in [6, 6.07) is -0.796. The number of nitrogens with one attached hydrogen (secondary N) is 1. The van der Waals surface area contributed by atoms with Crippen LogP contribution in [0.4, 0.5) is 0 Å². The van der Waals surface area contributed by atoms with Gasteiger partial charge in [-0.1, -0.05) is 12.8 Å². The Morgan fingerprint density at radius 2 is 1.88 bits per heavy atom. The van der Waals surface area contributed by atoms with E-state index in [-0.39, 0.29) is 12.5 Å². The molecule has 0 saturated heterocycles. The molecule has 5 nitrogen and oxygen atoms in total. The third kappa shape index (κ3) is 10.1. The van der Waals surface area contributed by atoms with Crippen LogP contribution < -0.4 is 5.32 Å². The fourth-order valence-corrected chi connectivity index (χ4v) is 2.33. The van der Waals surface area contributed by atoms with Crippen LogP contribution in [0, 0.1) is 0 Å². The van der Waals surface area contributed by atoms with Crippen LogP contribution in [0.15, 0.2) is 0 Å². The van der Waals surface area contributed by atoms with Gasteiger partial charge in [-0.3, -0.25) is 4.79 Å². The summed E-state index contributed by atoms with van der Waals surface area (Å²) < 4.78 is 0. The quantitative estimate of drug-likeness (QED) is 0.509. The van der Waals surface area contributed by atoms with E-state index in [4.69, 9.17) is 10.2 Å². The molecule has 0 aliphatic carbocycles. The highest BCUT2D eigenvalue weighted by molar-refractivity contribution is 7.99. The SMILES string of the molecule is CC(=O)N[C@@H](CSCCCCCCO)C(=O)O. The van der Waals surface area contributed by atoms with Crippen LogP contribution in [0.3, 0.4) is 0 Å². The number of rotatable bonds is 10. The van der Waals surface area contributed by atoms with Gasteiger partial charge in [0.2, 0.25) is 5.91 Å². The van der Waals surface area contributed by atoms with Gasteiger partial charge in [0.15, 0.2) is 0 Å². The normalized spacial score (nSPS) is 12.1. The minimum absolute atomic E-state index is 0.233. The third-order valence-electron chi connectivity index (χ3n) is 2.16. The maximum Gasteiger partial charge on any atom is 0.327 e. The van der Waals surface area contributed by atoms with Gasteiger partial charge in [-0.15, -0.1) is 0 Å². The van der Waals surface area contributed by atoms with E-state index in [1.807, 2.05) is 0 Å². The molecule has 0 bridgehead atoms. The lowest BCUT2D eigenvalue weighted by Crippen LogP contribution is -2.41. The Labute approximate surface area is 106 Å². The summed E-state index contributed by atoms with van der Waals surface area (Å²) >= 11 is 1.53. The minimum atomic E-state index is -0.993. The van der Waals surface area contributed by atoms with Crippen LogP contribution in [-0.2, 0) is 9.59 Å². The van der Waals surface area contributed by atoms with Crippen LogP contribution in [0.5, 0.6) is 0 Å². The van der Waals surface area contributed by atoms with Crippen molar-refractivity contribution >= 4 is 23.6 Å². The molecule has 0 aliphatic rings. The Kier molecular flexibility index (Phi) is 9.95. The fraction of sp³-hybridized carbons (Fsp3) is 0.818. The number of aliphatic carboxylic acids is 1. The Hall–Kier alpha value is -0.750. The third-order valence-corrected chi connectivity index (χ3v) is 3.30. The number of aliphatic hydroxyl groups excluding tert-OH is 1. The maximum atomic E-state index is 10.8. The lowest BCUT2D eigenvalue weighted by atomic mass is 10.2. The maximum absolute atomic E-state index is 10.8. The van der Waals surface area contributed by atoms with Gasteiger partial charge < -0.3 is 15.5 Å². The summed E-state index contributed by atoms with van der Waals surface area (Å²) in [5.41, 5.74) is 0. The zero-order valence-electron chi connectivity index (χ0n) is 10.1. The van der Waals surface area contributed by atoms with E-state index >= 15 is 0 Å². The zero-order chi connectivity index (χ0) is 13.1. The van der Waals surface area contributed by atoms with Crippen LogP contribution in [0.2, 0.25) is 0 Å². The van der Waals surface area contributed by atoms with E-state index in [1.165, 1.54) is 18.7 Å². The predicted octanol–water partition coefficient (Wildman–Crippen LogP) is 0.862. The number of carbonyl (C=O) groups is 2. The van der Waals surface area contributed by atoms with Gasteiger partial charge in [0.05, 0.1) is 0 Å². The Morgan fingerprint density at radius 3 is 2.41 bits per heavy atom. The molecule has 0 saturated carbocycles. The van der Waals surface area contributed by atoms with Crippen molar-refractivity contribution in [1.82, 2.24) is 5.32 Å². The van der Waals surface area contributed by atoms with Crippen molar-refractivity contribution in [2.24, 2.45) is 0 Å². The largest absolute Gasteiger partial charge is 0.480 e. The first-order chi connectivity index (χ1) is 8.07. The molecular formula is C11H21NO4S. The molecule has 1 amide bonds. The fourth-order valence-electron chi connectivity index (χ4n) is 1.29. The molecule has 6 heteroatoms. The second-order valence-electron chi connectivity index (χ2n) is 3.80. The molecule has 3 N–H and O–H groups in total. The molecule has 100 valence electrons. The van der Waals surface area contributed by atoms with Gasteiger partial charge in [0.1, 0.15) is 6.04 Å². The minimum Gasteiger partial charge on any atom is -0.480 e. The Balaban J connectivity index is 3.55. The highest BCUT2D eigenvalue weighted by Gasteiger charge is 2.17. The first-order valence-corrected chi connectivity index (χ1v) is 6.92. The molecule has 0 radical (unpaired) electrons. The zero-order valence-corrected chi connectivity index (χ0v) is 11.0. The first kappa shape index (κ1) is 16.2. The summed E-state index contributed by atoms with van der Waals surface area (Å²) in [5.74, 6) is -0.0297. The highest BCUT2D eigenvalue weighted by Crippen LogP contribution is 2.09. The highest BCUT2D eigenvalue weighted by atomic mass is 32.2. The van der Waals surface area contributed by atoms with E-state index in [2.05, 4.69) is 5.32 Å². The van der Waals surface area contributed by atoms with Gasteiger partial charge in [-0.25, -0.2) is 4.79 Å². The summed E-state index contributed by atoms with van der Waals surface area (Å²) in [6.45, 7) is 1.55. The number of carbonyl (C=O) groups excluding carboxylic acids is 1. The lowest BCUT2D eigenvalue weighted by molar-refractivity contribution is -0.140. The summed E-state index contributed by atoms with van der Waals surface area (Å²) in [5, 5.41) is 19.8. The number of unbranched alkanes of at least 4 members (excludes halogenated alkanes) is 3. The number of amides is 1. The number of carboxylic acids is 1. The molecule has 1 atom stereocenters. The molecule has 0 rings (SSSR count). The van der Waals surface area contributed by atoms with Gasteiger partial charge in [-0.05, 0) is 18.6 Å². The summed E-state index contributed by atoms with van der Waals surface area (Å²) in [7, 11) is 0. The van der Waals surface area contributed by atoms with Crippen LogP contribution in [0.25, 0.3) is 0 Å². The van der Waals surface area contributed by atoms with Gasteiger partial charge in [0, 0.05) is 19.3 Å². The number of hydrogen-bond donors (Lipinski definition) is 3. The van der Waals surface area contributed by atoms with Crippen molar-refractivity contribution in [3.05, 3.63) is 0 Å². The van der Waals surface area contributed by atoms with Crippen molar-refractivity contribution in [2.75, 3.05) is 18.1 Å². The molecule has 0 aromatic rings. The summed E-state index contributed by atoms with van der Waals surface area (Å²) in [4.78, 5) is 21.5. The lowest BCUT2D eigenvalue weighted by Gasteiger charge is -2.12. The second-order valence-corrected chi connectivity index (χ2v) is 4.95. The van der Waals surface area contributed by atoms with E-state index in [0.29, 0.717) is 5.75 Å². The summed E-state index contributed by atoms with van der Waals surface area (Å²) in [6.07, 6.45) is 3.89. The van der Waals surface area contributed by atoms with Gasteiger partial charge >= 0.3 is 5.97 Å². The monoisotopic (exact) mass is 263 g/mol. The molecule has 0 aliphatic heterocycles. The molecule has 0 fully saturated rings. The number of carboxylic acid groups (broad SMARTS) is 1. The molecule has 0 heterocycles. The number of thioether (sulfide) groups is 1. The van der Waals surface area contributed by atoms with Crippen LogP contribution in [-0.4, -0.2) is 46.2 Å². The molecule has 17 heavy (non-hydrogen) atoms. The van der Waals surface area contributed by atoms with Crippen LogP contribution >= 0.6 is 11.8 Å². The second kappa shape index (κ2) is 10.4. The Morgan fingerprint density at radius 1 is 1.24 bits per heavy atom. The Bertz CT molecular complexity index is 236. The molecule has 0 aromatic heterocycles.